The van der Waals surface area contributed by atoms with Crippen LogP contribution in [0.1, 0.15) is 40.8 Å². The molecule has 0 unspecified atom stereocenters. The van der Waals surface area contributed by atoms with Crippen LogP contribution in [-0.4, -0.2) is 39.9 Å². The Kier molecular flexibility index (Phi) is 6.41. The van der Waals surface area contributed by atoms with Gasteiger partial charge in [-0.05, 0) is 62.3 Å². The van der Waals surface area contributed by atoms with Crippen molar-refractivity contribution in [1.29, 1.82) is 0 Å². The normalized spacial score (nSPS) is 13.1. The summed E-state index contributed by atoms with van der Waals surface area (Å²) in [4.78, 5) is 46.0. The van der Waals surface area contributed by atoms with Gasteiger partial charge in [0.25, 0.3) is 5.56 Å². The first-order valence-electron chi connectivity index (χ1n) is 10.9. The summed E-state index contributed by atoms with van der Waals surface area (Å²) in [6.45, 7) is 4.14. The summed E-state index contributed by atoms with van der Waals surface area (Å²) in [5.74, 6) is -0.444. The second-order valence-corrected chi connectivity index (χ2v) is 9.51. The van der Waals surface area contributed by atoms with E-state index in [1.807, 2.05) is 32.0 Å². The molecule has 8 heteroatoms. The molecular formula is C24H28N4O3S. The third-order valence-corrected chi connectivity index (χ3v) is 7.39. The molecule has 3 aromatic rings. The number of aryl methyl sites for hydroxylation is 4. The fourth-order valence-electron chi connectivity index (χ4n) is 4.13. The van der Waals surface area contributed by atoms with Gasteiger partial charge in [0.1, 0.15) is 4.83 Å². The third-order valence-electron chi connectivity index (χ3n) is 6.19. The molecule has 1 aliphatic rings. The van der Waals surface area contributed by atoms with Crippen LogP contribution in [0.15, 0.2) is 29.3 Å². The van der Waals surface area contributed by atoms with Gasteiger partial charge in [0, 0.05) is 30.6 Å². The van der Waals surface area contributed by atoms with Gasteiger partial charge < -0.3 is 10.2 Å². The maximum absolute atomic E-state index is 13.0. The maximum Gasteiger partial charge on any atom is 0.262 e. The van der Waals surface area contributed by atoms with Gasteiger partial charge in [-0.15, -0.1) is 11.3 Å². The number of aromatic nitrogens is 2. The Bertz CT molecular complexity index is 1240. The SMILES string of the molecule is Cc1cccc(NC(=O)CN(C)C(=O)CCn2cnc3sc4c(c3c2=O)CCCC4)c1C. The van der Waals surface area contributed by atoms with E-state index in [0.717, 1.165) is 58.3 Å². The second kappa shape index (κ2) is 9.24. The molecule has 0 bridgehead atoms. The molecule has 0 aliphatic heterocycles. The summed E-state index contributed by atoms with van der Waals surface area (Å²) in [5, 5.41) is 3.59. The van der Waals surface area contributed by atoms with Crippen LogP contribution in [0.3, 0.4) is 0 Å². The number of nitrogens with zero attached hydrogens (tertiary/aromatic N) is 3. The standard InChI is InChI=1S/C24H28N4O3S/c1-15-7-6-9-18(16(15)2)26-20(29)13-27(3)21(30)11-12-28-14-25-23-22(24(28)31)17-8-4-5-10-19(17)32-23/h6-7,9,14H,4-5,8,10-13H2,1-3H3,(H,26,29). The molecule has 0 fully saturated rings. The van der Waals surface area contributed by atoms with Gasteiger partial charge in [0.2, 0.25) is 11.8 Å². The van der Waals surface area contributed by atoms with Crippen molar-refractivity contribution in [3.8, 4) is 0 Å². The summed E-state index contributed by atoms with van der Waals surface area (Å²) in [6, 6.07) is 5.72. The molecule has 1 aliphatic carbocycles. The minimum Gasteiger partial charge on any atom is -0.336 e. The fourth-order valence-corrected chi connectivity index (χ4v) is 5.35. The molecule has 0 atom stereocenters. The highest BCUT2D eigenvalue weighted by molar-refractivity contribution is 7.18. The average Bonchev–Trinajstić information content (AvgIpc) is 3.15. The Labute approximate surface area is 191 Å². The van der Waals surface area contributed by atoms with Crippen molar-refractivity contribution in [3.05, 3.63) is 56.4 Å². The molecule has 4 rings (SSSR count). The van der Waals surface area contributed by atoms with Gasteiger partial charge in [-0.3, -0.25) is 19.0 Å². The molecule has 168 valence electrons. The predicted octanol–water partition coefficient (Wildman–Crippen LogP) is 3.44. The van der Waals surface area contributed by atoms with Crippen molar-refractivity contribution >= 4 is 39.1 Å². The van der Waals surface area contributed by atoms with Crippen molar-refractivity contribution in [2.45, 2.75) is 52.5 Å². The van der Waals surface area contributed by atoms with Crippen LogP contribution >= 0.6 is 11.3 Å². The minimum atomic E-state index is -0.250. The lowest BCUT2D eigenvalue weighted by molar-refractivity contribution is -0.133. The van der Waals surface area contributed by atoms with Crippen molar-refractivity contribution < 1.29 is 9.59 Å². The summed E-state index contributed by atoms with van der Waals surface area (Å²) in [7, 11) is 1.60. The highest BCUT2D eigenvalue weighted by atomic mass is 32.1. The fraction of sp³-hybridized carbons (Fsp3) is 0.417. The molecule has 1 N–H and O–H groups in total. The third kappa shape index (κ3) is 4.46. The number of nitrogens with one attached hydrogen (secondary N) is 1. The number of carbonyl (C=O) groups excluding carboxylic acids is 2. The number of carbonyl (C=O) groups is 2. The lowest BCUT2D eigenvalue weighted by Crippen LogP contribution is -2.36. The minimum absolute atomic E-state index is 0.0452. The van der Waals surface area contributed by atoms with E-state index in [4.69, 9.17) is 0 Å². The number of thiophene rings is 1. The average molecular weight is 453 g/mol. The van der Waals surface area contributed by atoms with Crippen LogP contribution in [0.2, 0.25) is 0 Å². The van der Waals surface area contributed by atoms with Gasteiger partial charge in [-0.1, -0.05) is 12.1 Å². The predicted molar refractivity (Wildman–Crippen MR) is 127 cm³/mol. The van der Waals surface area contributed by atoms with E-state index in [-0.39, 0.29) is 36.9 Å². The second-order valence-electron chi connectivity index (χ2n) is 8.43. The number of likely N-dealkylation sites (N-methyl/N-ethyl adjacent to an activating group) is 1. The van der Waals surface area contributed by atoms with Gasteiger partial charge in [0.15, 0.2) is 0 Å². The zero-order valence-corrected chi connectivity index (χ0v) is 19.6. The number of fused-ring (bicyclic) bond motifs is 3. The first-order valence-corrected chi connectivity index (χ1v) is 11.8. The number of rotatable bonds is 6. The molecule has 2 aromatic heterocycles. The molecule has 2 heterocycles. The first-order chi connectivity index (χ1) is 15.3. The lowest BCUT2D eigenvalue weighted by Gasteiger charge is -2.18. The summed E-state index contributed by atoms with van der Waals surface area (Å²) >= 11 is 1.62. The van der Waals surface area contributed by atoms with E-state index < -0.39 is 0 Å². The number of benzene rings is 1. The number of amides is 2. The van der Waals surface area contributed by atoms with E-state index in [1.165, 1.54) is 20.7 Å². The first kappa shape index (κ1) is 22.2. The largest absolute Gasteiger partial charge is 0.336 e. The van der Waals surface area contributed by atoms with Crippen LogP contribution in [0, 0.1) is 13.8 Å². The zero-order valence-electron chi connectivity index (χ0n) is 18.7. The van der Waals surface area contributed by atoms with Crippen LogP contribution in [0.5, 0.6) is 0 Å². The van der Waals surface area contributed by atoms with Gasteiger partial charge in [-0.2, -0.15) is 0 Å². The van der Waals surface area contributed by atoms with E-state index in [2.05, 4.69) is 10.3 Å². The monoisotopic (exact) mass is 452 g/mol. The number of anilines is 1. The molecule has 32 heavy (non-hydrogen) atoms. The van der Waals surface area contributed by atoms with Crippen molar-refractivity contribution in [2.24, 2.45) is 0 Å². The number of hydrogen-bond acceptors (Lipinski definition) is 5. The molecule has 7 nitrogen and oxygen atoms in total. The molecule has 0 spiro atoms. The van der Waals surface area contributed by atoms with Crippen LogP contribution in [0.25, 0.3) is 10.2 Å². The zero-order chi connectivity index (χ0) is 22.8. The Balaban J connectivity index is 1.38. The number of hydrogen-bond donors (Lipinski definition) is 1. The Morgan fingerprint density at radius 3 is 2.81 bits per heavy atom. The van der Waals surface area contributed by atoms with Crippen molar-refractivity contribution in [2.75, 3.05) is 18.9 Å². The van der Waals surface area contributed by atoms with E-state index in [9.17, 15) is 14.4 Å². The molecular weight excluding hydrogens is 424 g/mol. The van der Waals surface area contributed by atoms with Crippen LogP contribution < -0.4 is 10.9 Å². The topological polar surface area (TPSA) is 84.3 Å². The lowest BCUT2D eigenvalue weighted by atomic mass is 9.97. The molecule has 2 amide bonds. The maximum atomic E-state index is 13.0. The molecule has 0 saturated heterocycles. The molecule has 0 saturated carbocycles. The highest BCUT2D eigenvalue weighted by Gasteiger charge is 2.20. The molecule has 0 radical (unpaired) electrons. The quantitative estimate of drug-likeness (QED) is 0.621. The van der Waals surface area contributed by atoms with E-state index in [1.54, 1.807) is 18.4 Å². The Morgan fingerprint density at radius 1 is 1.22 bits per heavy atom. The summed E-state index contributed by atoms with van der Waals surface area (Å²) in [6.07, 6.45) is 5.86. The van der Waals surface area contributed by atoms with E-state index >= 15 is 0 Å². The van der Waals surface area contributed by atoms with Gasteiger partial charge in [0.05, 0.1) is 18.3 Å². The Morgan fingerprint density at radius 2 is 2.00 bits per heavy atom. The summed E-state index contributed by atoms with van der Waals surface area (Å²) in [5.41, 5.74) is 3.93. The van der Waals surface area contributed by atoms with E-state index in [0.29, 0.717) is 0 Å². The van der Waals surface area contributed by atoms with Gasteiger partial charge in [-0.25, -0.2) is 4.98 Å². The highest BCUT2D eigenvalue weighted by Crippen LogP contribution is 2.33. The van der Waals surface area contributed by atoms with Gasteiger partial charge >= 0.3 is 0 Å². The van der Waals surface area contributed by atoms with Crippen molar-refractivity contribution in [3.63, 3.8) is 0 Å². The summed E-state index contributed by atoms with van der Waals surface area (Å²) < 4.78 is 1.52. The molecule has 1 aromatic carbocycles. The van der Waals surface area contributed by atoms with Crippen LogP contribution in [-0.2, 0) is 29.0 Å². The van der Waals surface area contributed by atoms with Crippen LogP contribution in [0.4, 0.5) is 5.69 Å². The Hall–Kier alpha value is -3.00. The smallest absolute Gasteiger partial charge is 0.262 e. The van der Waals surface area contributed by atoms with Crippen molar-refractivity contribution in [1.82, 2.24) is 14.5 Å².